The van der Waals surface area contributed by atoms with Crippen LogP contribution in [0.3, 0.4) is 0 Å². The Morgan fingerprint density at radius 1 is 0.826 bits per heavy atom. The summed E-state index contributed by atoms with van der Waals surface area (Å²) in [5.41, 5.74) is 5.00. The number of carbonyl (C=O) groups excluding carboxylic acids is 2. The van der Waals surface area contributed by atoms with Crippen LogP contribution in [-0.2, 0) is 45.2 Å². The highest BCUT2D eigenvalue weighted by Crippen LogP contribution is 2.38. The molecule has 0 bridgehead atoms. The lowest BCUT2D eigenvalue weighted by molar-refractivity contribution is -0.140. The summed E-state index contributed by atoms with van der Waals surface area (Å²) in [7, 11) is 5.79. The van der Waals surface area contributed by atoms with Crippen molar-refractivity contribution in [1.82, 2.24) is 14.8 Å². The molecule has 0 saturated carbocycles. The van der Waals surface area contributed by atoms with Gasteiger partial charge in [0.2, 0.25) is 0 Å². The van der Waals surface area contributed by atoms with E-state index in [4.69, 9.17) is 28.8 Å². The highest BCUT2D eigenvalue weighted by atomic mass is 19.1. The monoisotopic (exact) mass is 629 g/mol. The molecule has 0 aliphatic heterocycles. The summed E-state index contributed by atoms with van der Waals surface area (Å²) in [5.74, 6) is -0.0880. The number of carbonyl (C=O) groups is 2. The maximum Gasteiger partial charge on any atom is 0.354 e. The fraction of sp³-hybridized carbons (Fsp3) is 0.286. The normalized spacial score (nSPS) is 11.1. The molecule has 1 N–H and O–H groups in total. The Kier molecular flexibility index (Phi) is 10.0. The highest BCUT2D eigenvalue weighted by Gasteiger charge is 2.27. The molecule has 11 heteroatoms. The van der Waals surface area contributed by atoms with Crippen molar-refractivity contribution >= 4 is 22.8 Å². The van der Waals surface area contributed by atoms with Gasteiger partial charge in [-0.05, 0) is 66.4 Å². The molecule has 240 valence electrons. The van der Waals surface area contributed by atoms with Crippen molar-refractivity contribution < 1.29 is 37.7 Å². The smallest absolute Gasteiger partial charge is 0.354 e. The van der Waals surface area contributed by atoms with Crippen molar-refractivity contribution in [2.75, 3.05) is 28.4 Å². The van der Waals surface area contributed by atoms with E-state index in [2.05, 4.69) is 4.98 Å². The molecule has 5 aromatic rings. The molecule has 0 aliphatic carbocycles. The number of rotatable bonds is 13. The number of esters is 2. The van der Waals surface area contributed by atoms with Gasteiger partial charge in [0.05, 0.1) is 59.4 Å². The van der Waals surface area contributed by atoms with Crippen LogP contribution in [0.1, 0.15) is 45.0 Å². The SMILES string of the molecule is COC(=O)CCc1c(C(=O)OC)[nH]c2c(-c3c(COCc4ccc(OC)cc4)nn(Cc4ccc(OC)cc4)c3C)c(F)ccc12. The molecule has 5 rings (SSSR count). The number of nitrogens with one attached hydrogen (secondary N) is 1. The third kappa shape index (κ3) is 6.74. The van der Waals surface area contributed by atoms with Crippen molar-refractivity contribution in [1.29, 1.82) is 0 Å². The number of hydrogen-bond donors (Lipinski definition) is 1. The number of aryl methyl sites for hydroxylation is 1. The Morgan fingerprint density at radius 2 is 1.48 bits per heavy atom. The number of nitrogens with zero attached hydrogens (tertiary/aromatic N) is 2. The van der Waals surface area contributed by atoms with E-state index in [0.29, 0.717) is 46.6 Å². The molecule has 46 heavy (non-hydrogen) atoms. The van der Waals surface area contributed by atoms with Gasteiger partial charge in [0, 0.05) is 28.6 Å². The Morgan fingerprint density at radius 3 is 2.09 bits per heavy atom. The predicted molar refractivity (Wildman–Crippen MR) is 169 cm³/mol. The van der Waals surface area contributed by atoms with Crippen LogP contribution < -0.4 is 9.47 Å². The second-order valence-corrected chi connectivity index (χ2v) is 10.6. The van der Waals surface area contributed by atoms with E-state index in [1.165, 1.54) is 20.3 Å². The zero-order valence-corrected chi connectivity index (χ0v) is 26.4. The summed E-state index contributed by atoms with van der Waals surface area (Å²) < 4.78 is 44.3. The summed E-state index contributed by atoms with van der Waals surface area (Å²) in [6.07, 6.45) is 0.221. The van der Waals surface area contributed by atoms with Gasteiger partial charge in [-0.25, -0.2) is 9.18 Å². The number of halogens is 1. The Balaban J connectivity index is 1.60. The van der Waals surface area contributed by atoms with Crippen LogP contribution in [0.25, 0.3) is 22.0 Å². The van der Waals surface area contributed by atoms with E-state index in [0.717, 1.165) is 22.6 Å². The molecular weight excluding hydrogens is 593 g/mol. The molecule has 2 heterocycles. The zero-order valence-electron chi connectivity index (χ0n) is 26.4. The zero-order chi connectivity index (χ0) is 32.8. The van der Waals surface area contributed by atoms with Gasteiger partial charge in [-0.1, -0.05) is 24.3 Å². The maximum atomic E-state index is 16.0. The summed E-state index contributed by atoms with van der Waals surface area (Å²) in [6, 6.07) is 18.1. The number of fused-ring (bicyclic) bond motifs is 1. The molecule has 0 amide bonds. The van der Waals surface area contributed by atoms with Gasteiger partial charge in [0.15, 0.2) is 0 Å². The largest absolute Gasteiger partial charge is 0.497 e. The van der Waals surface area contributed by atoms with E-state index < -0.39 is 17.8 Å². The van der Waals surface area contributed by atoms with E-state index in [9.17, 15) is 9.59 Å². The molecule has 0 saturated heterocycles. The first-order valence-corrected chi connectivity index (χ1v) is 14.7. The Hall–Kier alpha value is -5.16. The van der Waals surface area contributed by atoms with E-state index >= 15 is 4.39 Å². The van der Waals surface area contributed by atoms with Crippen molar-refractivity contribution in [3.63, 3.8) is 0 Å². The summed E-state index contributed by atoms with van der Waals surface area (Å²) in [5, 5.41) is 5.48. The van der Waals surface area contributed by atoms with Crippen LogP contribution in [-0.4, -0.2) is 55.1 Å². The number of methoxy groups -OCH3 is 4. The van der Waals surface area contributed by atoms with Gasteiger partial charge in [0.1, 0.15) is 23.0 Å². The van der Waals surface area contributed by atoms with Crippen molar-refractivity contribution in [3.05, 3.63) is 100 Å². The first-order valence-electron chi connectivity index (χ1n) is 14.7. The van der Waals surface area contributed by atoms with Gasteiger partial charge in [-0.15, -0.1) is 0 Å². The van der Waals surface area contributed by atoms with Crippen LogP contribution in [0.5, 0.6) is 11.5 Å². The lowest BCUT2D eigenvalue weighted by atomic mass is 9.97. The van der Waals surface area contributed by atoms with Crippen LogP contribution in [0.2, 0.25) is 0 Å². The minimum Gasteiger partial charge on any atom is -0.497 e. The van der Waals surface area contributed by atoms with Crippen molar-refractivity contribution in [3.8, 4) is 22.6 Å². The number of ether oxygens (including phenoxy) is 5. The molecular formula is C35H36FN3O7. The average Bonchev–Trinajstić information content (AvgIpc) is 3.60. The molecule has 0 unspecified atom stereocenters. The summed E-state index contributed by atoms with van der Waals surface area (Å²) in [6.45, 7) is 2.68. The molecule has 0 aliphatic rings. The second kappa shape index (κ2) is 14.3. The minimum absolute atomic E-state index is 0.0312. The molecule has 3 aromatic carbocycles. The van der Waals surface area contributed by atoms with Crippen molar-refractivity contribution in [2.45, 2.75) is 39.5 Å². The summed E-state index contributed by atoms with van der Waals surface area (Å²) in [4.78, 5) is 28.0. The highest BCUT2D eigenvalue weighted by molar-refractivity contribution is 6.04. The van der Waals surface area contributed by atoms with E-state index in [-0.39, 0.29) is 30.7 Å². The molecule has 0 spiro atoms. The van der Waals surface area contributed by atoms with Gasteiger partial charge < -0.3 is 28.7 Å². The fourth-order valence-electron chi connectivity index (χ4n) is 5.48. The van der Waals surface area contributed by atoms with Gasteiger partial charge in [-0.3, -0.25) is 9.48 Å². The quantitative estimate of drug-likeness (QED) is 0.154. The molecule has 10 nitrogen and oxygen atoms in total. The lowest BCUT2D eigenvalue weighted by Crippen LogP contribution is -2.07. The Labute approximate surface area is 266 Å². The molecule has 2 aromatic heterocycles. The second-order valence-electron chi connectivity index (χ2n) is 10.6. The number of aromatic nitrogens is 3. The predicted octanol–water partition coefficient (Wildman–Crippen LogP) is 6.15. The third-order valence-electron chi connectivity index (χ3n) is 7.91. The minimum atomic E-state index is -0.627. The standard InChI is InChI=1S/C35H36FN3O7/c1-21-31(32-28(36)16-14-26-27(15-17-30(40)44-4)34(35(41)45-5)37-33(26)32)29(20-46-19-23-8-12-25(43-3)13-9-23)38-39(21)18-22-6-10-24(42-2)11-7-22/h6-14,16,37H,15,17-20H2,1-5H3. The lowest BCUT2D eigenvalue weighted by Gasteiger charge is -2.10. The molecule has 0 atom stereocenters. The van der Waals surface area contributed by atoms with Gasteiger partial charge in [-0.2, -0.15) is 5.10 Å². The topological polar surface area (TPSA) is 114 Å². The average molecular weight is 630 g/mol. The van der Waals surface area contributed by atoms with Crippen LogP contribution in [0.15, 0.2) is 60.7 Å². The van der Waals surface area contributed by atoms with Crippen LogP contribution >= 0.6 is 0 Å². The van der Waals surface area contributed by atoms with Crippen molar-refractivity contribution in [2.24, 2.45) is 0 Å². The van der Waals surface area contributed by atoms with E-state index in [1.807, 2.05) is 60.1 Å². The Bertz CT molecular complexity index is 1840. The molecule has 0 fully saturated rings. The van der Waals surface area contributed by atoms with Crippen LogP contribution in [0, 0.1) is 12.7 Å². The first kappa shape index (κ1) is 32.2. The fourth-order valence-corrected chi connectivity index (χ4v) is 5.48. The van der Waals surface area contributed by atoms with E-state index in [1.54, 1.807) is 20.3 Å². The van der Waals surface area contributed by atoms with Crippen LogP contribution in [0.4, 0.5) is 4.39 Å². The number of aromatic amines is 1. The van der Waals surface area contributed by atoms with Gasteiger partial charge in [0.25, 0.3) is 0 Å². The first-order chi connectivity index (χ1) is 22.3. The van der Waals surface area contributed by atoms with Gasteiger partial charge >= 0.3 is 11.9 Å². The molecule has 0 radical (unpaired) electrons. The maximum absolute atomic E-state index is 16.0. The summed E-state index contributed by atoms with van der Waals surface area (Å²) >= 11 is 0. The number of benzene rings is 3. The number of hydrogen-bond acceptors (Lipinski definition) is 8. The number of H-pyrrole nitrogens is 1. The third-order valence-corrected chi connectivity index (χ3v) is 7.91.